The SMILES string of the molecule is CC(C)(C)c1nc(-c2ccccc2Cl)c(-c2ccncn2)s1. The molecule has 0 fully saturated rings. The van der Waals surface area contributed by atoms with Crippen LogP contribution in [0.15, 0.2) is 42.9 Å². The zero-order chi connectivity index (χ0) is 15.7. The second-order valence-electron chi connectivity index (χ2n) is 6.02. The number of rotatable bonds is 2. The van der Waals surface area contributed by atoms with Crippen molar-refractivity contribution in [1.82, 2.24) is 15.0 Å². The van der Waals surface area contributed by atoms with E-state index in [4.69, 9.17) is 16.6 Å². The van der Waals surface area contributed by atoms with Gasteiger partial charge in [0, 0.05) is 17.2 Å². The molecule has 5 heteroatoms. The second-order valence-corrected chi connectivity index (χ2v) is 7.43. The van der Waals surface area contributed by atoms with E-state index in [1.807, 2.05) is 30.3 Å². The summed E-state index contributed by atoms with van der Waals surface area (Å²) < 4.78 is 0. The highest BCUT2D eigenvalue weighted by Crippen LogP contribution is 2.41. The molecule has 0 aliphatic rings. The highest BCUT2D eigenvalue weighted by atomic mass is 35.5. The van der Waals surface area contributed by atoms with Crippen LogP contribution in [-0.4, -0.2) is 15.0 Å². The molecule has 0 N–H and O–H groups in total. The largest absolute Gasteiger partial charge is 0.245 e. The minimum absolute atomic E-state index is 0.0219. The van der Waals surface area contributed by atoms with Crippen LogP contribution in [0.2, 0.25) is 5.02 Å². The number of nitrogens with zero attached hydrogens (tertiary/aromatic N) is 3. The smallest absolute Gasteiger partial charge is 0.116 e. The Hall–Kier alpha value is -1.78. The Balaban J connectivity index is 2.25. The fourth-order valence-corrected chi connectivity index (χ4v) is 3.41. The number of thiazole rings is 1. The summed E-state index contributed by atoms with van der Waals surface area (Å²) >= 11 is 8.04. The van der Waals surface area contributed by atoms with Crippen LogP contribution < -0.4 is 0 Å². The maximum atomic E-state index is 6.37. The van der Waals surface area contributed by atoms with Crippen LogP contribution >= 0.6 is 22.9 Å². The molecule has 0 amide bonds. The molecule has 2 heterocycles. The minimum Gasteiger partial charge on any atom is -0.245 e. The Labute approximate surface area is 139 Å². The van der Waals surface area contributed by atoms with Crippen LogP contribution in [0, 0.1) is 0 Å². The molecule has 0 radical (unpaired) electrons. The minimum atomic E-state index is -0.0219. The molecule has 2 aromatic heterocycles. The monoisotopic (exact) mass is 329 g/mol. The molecule has 3 aromatic rings. The van der Waals surface area contributed by atoms with E-state index >= 15 is 0 Å². The van der Waals surface area contributed by atoms with Gasteiger partial charge >= 0.3 is 0 Å². The van der Waals surface area contributed by atoms with E-state index in [1.54, 1.807) is 23.9 Å². The number of hydrogen-bond donors (Lipinski definition) is 0. The van der Waals surface area contributed by atoms with Gasteiger partial charge < -0.3 is 0 Å². The molecule has 0 saturated heterocycles. The maximum absolute atomic E-state index is 6.37. The zero-order valence-corrected chi connectivity index (χ0v) is 14.2. The van der Waals surface area contributed by atoms with Crippen molar-refractivity contribution in [2.45, 2.75) is 26.2 Å². The lowest BCUT2D eigenvalue weighted by Gasteiger charge is -2.13. The Morgan fingerprint density at radius 1 is 1.09 bits per heavy atom. The summed E-state index contributed by atoms with van der Waals surface area (Å²) in [6.07, 6.45) is 3.30. The van der Waals surface area contributed by atoms with Gasteiger partial charge in [-0.1, -0.05) is 50.6 Å². The average molecular weight is 330 g/mol. The van der Waals surface area contributed by atoms with Crippen molar-refractivity contribution < 1.29 is 0 Å². The van der Waals surface area contributed by atoms with Crippen molar-refractivity contribution in [2.24, 2.45) is 0 Å². The Kier molecular flexibility index (Phi) is 3.98. The molecule has 3 rings (SSSR count). The lowest BCUT2D eigenvalue weighted by Crippen LogP contribution is -2.10. The van der Waals surface area contributed by atoms with E-state index in [-0.39, 0.29) is 5.41 Å². The molecule has 0 atom stereocenters. The molecule has 3 nitrogen and oxygen atoms in total. The third kappa shape index (κ3) is 2.89. The van der Waals surface area contributed by atoms with E-state index in [9.17, 15) is 0 Å². The molecule has 0 unspecified atom stereocenters. The standard InChI is InChI=1S/C17H16ClN3S/c1-17(2,3)16-21-14(11-6-4-5-7-12(11)18)15(22-16)13-8-9-19-10-20-13/h4-10H,1-3H3. The molecule has 0 bridgehead atoms. The molecule has 0 aliphatic heterocycles. The fraction of sp³-hybridized carbons (Fsp3) is 0.235. The first-order valence-electron chi connectivity index (χ1n) is 6.99. The topological polar surface area (TPSA) is 38.7 Å². The van der Waals surface area contributed by atoms with Crippen molar-refractivity contribution in [3.05, 3.63) is 52.9 Å². The number of halogens is 1. The fourth-order valence-electron chi connectivity index (χ4n) is 2.08. The first-order chi connectivity index (χ1) is 10.5. The summed E-state index contributed by atoms with van der Waals surface area (Å²) in [5.41, 5.74) is 2.67. The summed E-state index contributed by atoms with van der Waals surface area (Å²) in [6, 6.07) is 9.68. The molecule has 0 spiro atoms. The van der Waals surface area contributed by atoms with Crippen molar-refractivity contribution in [1.29, 1.82) is 0 Å². The van der Waals surface area contributed by atoms with Gasteiger partial charge in [0.1, 0.15) is 6.33 Å². The quantitative estimate of drug-likeness (QED) is 0.647. The summed E-state index contributed by atoms with van der Waals surface area (Å²) in [5.74, 6) is 0. The first kappa shape index (κ1) is 15.1. The predicted molar refractivity (Wildman–Crippen MR) is 92.3 cm³/mol. The van der Waals surface area contributed by atoms with Crippen LogP contribution in [0.5, 0.6) is 0 Å². The van der Waals surface area contributed by atoms with E-state index in [1.165, 1.54) is 0 Å². The summed E-state index contributed by atoms with van der Waals surface area (Å²) in [6.45, 7) is 6.48. The van der Waals surface area contributed by atoms with Gasteiger partial charge in [0.25, 0.3) is 0 Å². The normalized spacial score (nSPS) is 11.6. The molecule has 0 saturated carbocycles. The van der Waals surface area contributed by atoms with Crippen LogP contribution in [0.1, 0.15) is 25.8 Å². The molecule has 112 valence electrons. The zero-order valence-electron chi connectivity index (χ0n) is 12.7. The van der Waals surface area contributed by atoms with E-state index in [0.717, 1.165) is 26.8 Å². The van der Waals surface area contributed by atoms with Gasteiger partial charge in [0.15, 0.2) is 0 Å². The van der Waals surface area contributed by atoms with Crippen molar-refractivity contribution in [3.8, 4) is 21.8 Å². The first-order valence-corrected chi connectivity index (χ1v) is 8.19. The van der Waals surface area contributed by atoms with Gasteiger partial charge in [0.05, 0.1) is 26.3 Å². The maximum Gasteiger partial charge on any atom is 0.116 e. The van der Waals surface area contributed by atoms with Crippen molar-refractivity contribution in [3.63, 3.8) is 0 Å². The third-order valence-electron chi connectivity index (χ3n) is 3.21. The van der Waals surface area contributed by atoms with Gasteiger partial charge in [0.2, 0.25) is 0 Å². The van der Waals surface area contributed by atoms with Crippen molar-refractivity contribution in [2.75, 3.05) is 0 Å². The lowest BCUT2D eigenvalue weighted by atomic mass is 9.98. The van der Waals surface area contributed by atoms with E-state index in [2.05, 4.69) is 30.7 Å². The Bertz CT molecular complexity index is 791. The Morgan fingerprint density at radius 2 is 1.86 bits per heavy atom. The number of hydrogen-bond acceptors (Lipinski definition) is 4. The molecular formula is C17H16ClN3S. The highest BCUT2D eigenvalue weighted by molar-refractivity contribution is 7.15. The number of benzene rings is 1. The third-order valence-corrected chi connectivity index (χ3v) is 5.05. The molecule has 22 heavy (non-hydrogen) atoms. The van der Waals surface area contributed by atoms with Gasteiger partial charge in [-0.15, -0.1) is 11.3 Å². The summed E-state index contributed by atoms with van der Waals surface area (Å²) in [7, 11) is 0. The van der Waals surface area contributed by atoms with Crippen LogP contribution in [0.25, 0.3) is 21.8 Å². The average Bonchev–Trinajstić information content (AvgIpc) is 2.94. The summed E-state index contributed by atoms with van der Waals surface area (Å²) in [5, 5.41) is 1.76. The predicted octanol–water partition coefficient (Wildman–Crippen LogP) is 5.22. The molecule has 0 aliphatic carbocycles. The second kappa shape index (κ2) is 5.78. The van der Waals surface area contributed by atoms with Crippen LogP contribution in [0.4, 0.5) is 0 Å². The van der Waals surface area contributed by atoms with Crippen LogP contribution in [0.3, 0.4) is 0 Å². The van der Waals surface area contributed by atoms with Gasteiger partial charge in [-0.2, -0.15) is 0 Å². The number of aromatic nitrogens is 3. The van der Waals surface area contributed by atoms with Crippen LogP contribution in [-0.2, 0) is 5.41 Å². The summed E-state index contributed by atoms with van der Waals surface area (Å²) in [4.78, 5) is 14.3. The van der Waals surface area contributed by atoms with Gasteiger partial charge in [-0.05, 0) is 12.1 Å². The van der Waals surface area contributed by atoms with E-state index in [0.29, 0.717) is 5.02 Å². The van der Waals surface area contributed by atoms with E-state index < -0.39 is 0 Å². The van der Waals surface area contributed by atoms with Gasteiger partial charge in [-0.25, -0.2) is 15.0 Å². The highest BCUT2D eigenvalue weighted by Gasteiger charge is 2.24. The Morgan fingerprint density at radius 3 is 2.50 bits per heavy atom. The van der Waals surface area contributed by atoms with Gasteiger partial charge in [-0.3, -0.25) is 0 Å². The van der Waals surface area contributed by atoms with Crippen molar-refractivity contribution >= 4 is 22.9 Å². The molecular weight excluding hydrogens is 314 g/mol. The molecule has 1 aromatic carbocycles. The lowest BCUT2D eigenvalue weighted by molar-refractivity contribution is 0.586.